The molecule has 1 aromatic heterocycles. The van der Waals surface area contributed by atoms with Crippen LogP contribution in [0.5, 0.6) is 5.88 Å². The standard InChI is InChI=1S/C4H4N2OS/c7-4-3(2-8)1-5-6-4/h1-2H,(H2,5,6,7). The van der Waals surface area contributed by atoms with Crippen LogP contribution in [-0.2, 0) is 0 Å². The summed E-state index contributed by atoms with van der Waals surface area (Å²) in [6.07, 6.45) is 1.46. The van der Waals surface area contributed by atoms with E-state index < -0.39 is 0 Å². The fourth-order valence-electron chi connectivity index (χ4n) is 0.375. The fraction of sp³-hybridized carbons (Fsp3) is 0. The molecule has 0 saturated heterocycles. The topological polar surface area (TPSA) is 48.9 Å². The van der Waals surface area contributed by atoms with Crippen LogP contribution in [0, 0.1) is 0 Å². The van der Waals surface area contributed by atoms with Crippen molar-refractivity contribution in [1.29, 1.82) is 0 Å². The molecule has 0 aliphatic carbocycles. The van der Waals surface area contributed by atoms with Gasteiger partial charge >= 0.3 is 0 Å². The van der Waals surface area contributed by atoms with Gasteiger partial charge in [-0.05, 0) is 0 Å². The number of thiocarbonyl (C=S) groups is 1. The zero-order chi connectivity index (χ0) is 5.98. The van der Waals surface area contributed by atoms with Gasteiger partial charge in [0.05, 0.1) is 11.8 Å². The number of H-pyrrole nitrogens is 1. The Kier molecular flexibility index (Phi) is 1.26. The van der Waals surface area contributed by atoms with Gasteiger partial charge in [0.2, 0.25) is 5.88 Å². The zero-order valence-corrected chi connectivity index (χ0v) is 4.77. The van der Waals surface area contributed by atoms with Gasteiger partial charge in [0, 0.05) is 5.37 Å². The molecule has 0 unspecified atom stereocenters. The van der Waals surface area contributed by atoms with Crippen LogP contribution in [0.3, 0.4) is 0 Å². The molecule has 4 heteroatoms. The van der Waals surface area contributed by atoms with Gasteiger partial charge in [-0.1, -0.05) is 12.2 Å². The maximum atomic E-state index is 8.73. The maximum Gasteiger partial charge on any atom is 0.214 e. The molecule has 42 valence electrons. The molecule has 0 aromatic carbocycles. The molecule has 0 saturated carbocycles. The molecule has 0 bridgehead atoms. The molecule has 3 nitrogen and oxygen atoms in total. The predicted octanol–water partition coefficient (Wildman–Crippen LogP) is 0.463. The quantitative estimate of drug-likeness (QED) is 0.540. The number of rotatable bonds is 1. The van der Waals surface area contributed by atoms with Crippen molar-refractivity contribution in [2.45, 2.75) is 0 Å². The van der Waals surface area contributed by atoms with Gasteiger partial charge in [-0.3, -0.25) is 0 Å². The molecule has 8 heavy (non-hydrogen) atoms. The number of hydrogen-bond donors (Lipinski definition) is 2. The molecule has 0 aliphatic rings. The second-order valence-electron chi connectivity index (χ2n) is 1.29. The minimum atomic E-state index is 0.0278. The summed E-state index contributed by atoms with van der Waals surface area (Å²) in [5.41, 5.74) is 0.556. The Morgan fingerprint density at radius 3 is 2.88 bits per heavy atom. The van der Waals surface area contributed by atoms with Crippen LogP contribution >= 0.6 is 12.2 Å². The Balaban J connectivity index is 3.09. The molecule has 0 radical (unpaired) electrons. The lowest BCUT2D eigenvalue weighted by Crippen LogP contribution is -1.69. The molecule has 1 rings (SSSR count). The summed E-state index contributed by atoms with van der Waals surface area (Å²) in [7, 11) is 0. The molecule has 0 atom stereocenters. The highest BCUT2D eigenvalue weighted by molar-refractivity contribution is 7.79. The lowest BCUT2D eigenvalue weighted by molar-refractivity contribution is 0.451. The first-order valence-electron chi connectivity index (χ1n) is 2.02. The highest BCUT2D eigenvalue weighted by atomic mass is 32.1. The summed E-state index contributed by atoms with van der Waals surface area (Å²) in [5, 5.41) is 15.9. The molecule has 0 spiro atoms. The van der Waals surface area contributed by atoms with Crippen LogP contribution < -0.4 is 0 Å². The summed E-state index contributed by atoms with van der Waals surface area (Å²) in [6, 6.07) is 0. The Labute approximate surface area is 51.3 Å². The molecule has 1 aromatic rings. The van der Waals surface area contributed by atoms with Crippen molar-refractivity contribution in [2.75, 3.05) is 0 Å². The van der Waals surface area contributed by atoms with Crippen LogP contribution in [0.15, 0.2) is 6.20 Å². The zero-order valence-electron chi connectivity index (χ0n) is 3.96. The monoisotopic (exact) mass is 128 g/mol. The van der Waals surface area contributed by atoms with E-state index in [0.29, 0.717) is 5.56 Å². The Morgan fingerprint density at radius 1 is 1.88 bits per heavy atom. The number of aromatic amines is 1. The summed E-state index contributed by atoms with van der Waals surface area (Å²) in [6.45, 7) is 0. The number of aromatic nitrogens is 2. The van der Waals surface area contributed by atoms with Crippen LogP contribution in [0.4, 0.5) is 0 Å². The lowest BCUT2D eigenvalue weighted by atomic mass is 10.4. The molecule has 0 aliphatic heterocycles. The Morgan fingerprint density at radius 2 is 2.62 bits per heavy atom. The molecule has 2 N–H and O–H groups in total. The molecule has 0 fully saturated rings. The summed E-state index contributed by atoms with van der Waals surface area (Å²) in [5.74, 6) is 0.0278. The normalized spacial score (nSPS) is 9.00. The first-order chi connectivity index (χ1) is 3.84. The van der Waals surface area contributed by atoms with Crippen molar-refractivity contribution < 1.29 is 5.11 Å². The molecule has 1 heterocycles. The molecular formula is C4H4N2OS. The van der Waals surface area contributed by atoms with Gasteiger partial charge in [0.1, 0.15) is 0 Å². The average molecular weight is 128 g/mol. The highest BCUT2D eigenvalue weighted by Gasteiger charge is 1.94. The van der Waals surface area contributed by atoms with Crippen molar-refractivity contribution in [3.63, 3.8) is 0 Å². The van der Waals surface area contributed by atoms with Crippen LogP contribution in [-0.4, -0.2) is 20.7 Å². The van der Waals surface area contributed by atoms with E-state index in [1.807, 2.05) is 0 Å². The van der Waals surface area contributed by atoms with Gasteiger partial charge in [-0.15, -0.1) is 0 Å². The van der Waals surface area contributed by atoms with Crippen LogP contribution in [0.1, 0.15) is 5.56 Å². The van der Waals surface area contributed by atoms with E-state index in [4.69, 9.17) is 5.11 Å². The summed E-state index contributed by atoms with van der Waals surface area (Å²) in [4.78, 5) is 0. The number of nitrogens with zero attached hydrogens (tertiary/aromatic N) is 1. The van der Waals surface area contributed by atoms with Crippen LogP contribution in [0.25, 0.3) is 0 Å². The number of aromatic hydroxyl groups is 1. The summed E-state index contributed by atoms with van der Waals surface area (Å²) < 4.78 is 0. The minimum Gasteiger partial charge on any atom is -0.493 e. The fourth-order valence-corrected chi connectivity index (χ4v) is 0.547. The van der Waals surface area contributed by atoms with Crippen molar-refractivity contribution >= 4 is 17.6 Å². The second-order valence-corrected chi connectivity index (χ2v) is 1.53. The van der Waals surface area contributed by atoms with E-state index >= 15 is 0 Å². The average Bonchev–Trinajstić information content (AvgIpc) is 2.14. The Hall–Kier alpha value is -0.900. The molecular weight excluding hydrogens is 124 g/mol. The van der Waals surface area contributed by atoms with Crippen molar-refractivity contribution in [2.24, 2.45) is 0 Å². The van der Waals surface area contributed by atoms with E-state index in [-0.39, 0.29) is 5.88 Å². The van der Waals surface area contributed by atoms with E-state index in [1.165, 1.54) is 11.6 Å². The van der Waals surface area contributed by atoms with E-state index in [9.17, 15) is 0 Å². The van der Waals surface area contributed by atoms with E-state index in [1.54, 1.807) is 0 Å². The molecule has 0 amide bonds. The first-order valence-corrected chi connectivity index (χ1v) is 2.49. The maximum absolute atomic E-state index is 8.73. The van der Waals surface area contributed by atoms with E-state index in [2.05, 4.69) is 22.4 Å². The third-order valence-electron chi connectivity index (χ3n) is 0.774. The lowest BCUT2D eigenvalue weighted by Gasteiger charge is -1.79. The Bertz CT molecular complexity index is 196. The summed E-state index contributed by atoms with van der Waals surface area (Å²) >= 11 is 4.51. The van der Waals surface area contributed by atoms with Crippen molar-refractivity contribution in [3.05, 3.63) is 11.8 Å². The van der Waals surface area contributed by atoms with Gasteiger partial charge in [0.15, 0.2) is 0 Å². The first kappa shape index (κ1) is 5.24. The SMILES string of the molecule is Oc1[nH]ncc1C=S. The predicted molar refractivity (Wildman–Crippen MR) is 33.0 cm³/mol. The van der Waals surface area contributed by atoms with Gasteiger partial charge in [-0.25, -0.2) is 5.10 Å². The highest BCUT2D eigenvalue weighted by Crippen LogP contribution is 2.06. The third-order valence-corrected chi connectivity index (χ3v) is 1.03. The van der Waals surface area contributed by atoms with Crippen molar-refractivity contribution in [3.8, 4) is 5.88 Å². The largest absolute Gasteiger partial charge is 0.493 e. The number of hydrogen-bond acceptors (Lipinski definition) is 3. The second kappa shape index (κ2) is 1.92. The van der Waals surface area contributed by atoms with E-state index in [0.717, 1.165) is 0 Å². The van der Waals surface area contributed by atoms with Crippen LogP contribution in [0.2, 0.25) is 0 Å². The number of nitrogens with one attached hydrogen (secondary N) is 1. The van der Waals surface area contributed by atoms with Gasteiger partial charge in [-0.2, -0.15) is 5.10 Å². The smallest absolute Gasteiger partial charge is 0.214 e. The van der Waals surface area contributed by atoms with Crippen molar-refractivity contribution in [1.82, 2.24) is 10.2 Å². The van der Waals surface area contributed by atoms with Gasteiger partial charge < -0.3 is 5.11 Å². The minimum absolute atomic E-state index is 0.0278. The van der Waals surface area contributed by atoms with Gasteiger partial charge in [0.25, 0.3) is 0 Å². The third kappa shape index (κ3) is 0.696.